The van der Waals surface area contributed by atoms with Crippen LogP contribution >= 0.6 is 0 Å². The lowest BCUT2D eigenvalue weighted by molar-refractivity contribution is -0.139. The summed E-state index contributed by atoms with van der Waals surface area (Å²) in [5.41, 5.74) is 0.803. The Balaban J connectivity index is 1.98. The second-order valence-electron chi connectivity index (χ2n) is 4.33. The predicted octanol–water partition coefficient (Wildman–Crippen LogP) is 2.10. The zero-order valence-corrected chi connectivity index (χ0v) is 9.69. The fraction of sp³-hybridized carbons (Fsp3) is 0.667. The van der Waals surface area contributed by atoms with Crippen molar-refractivity contribution >= 4 is 5.97 Å². The summed E-state index contributed by atoms with van der Waals surface area (Å²) >= 11 is 0. The van der Waals surface area contributed by atoms with Crippen molar-refractivity contribution in [2.24, 2.45) is 0 Å². The molecular formula is C12H18N2O2. The van der Waals surface area contributed by atoms with Gasteiger partial charge >= 0.3 is 5.97 Å². The second kappa shape index (κ2) is 5.14. The molecule has 0 radical (unpaired) electrons. The summed E-state index contributed by atoms with van der Waals surface area (Å²) in [4.78, 5) is 11.1. The fourth-order valence-corrected chi connectivity index (χ4v) is 2.24. The summed E-state index contributed by atoms with van der Waals surface area (Å²) in [7, 11) is 1.40. The molecule has 4 heteroatoms. The molecule has 0 spiro atoms. The van der Waals surface area contributed by atoms with Crippen LogP contribution in [0.25, 0.3) is 0 Å². The van der Waals surface area contributed by atoms with E-state index in [-0.39, 0.29) is 12.4 Å². The highest BCUT2D eigenvalue weighted by Crippen LogP contribution is 2.27. The molecule has 88 valence electrons. The normalized spacial score (nSPS) is 17.3. The molecule has 4 nitrogen and oxygen atoms in total. The average Bonchev–Trinajstić information content (AvgIpc) is 2.78. The van der Waals surface area contributed by atoms with E-state index in [4.69, 9.17) is 0 Å². The molecule has 1 aromatic heterocycles. The number of hydrogen-bond donors (Lipinski definition) is 0. The number of rotatable bonds is 3. The SMILES string of the molecule is COC(=O)Cc1ccn(C2CCCCC2)n1. The van der Waals surface area contributed by atoms with Crippen LogP contribution in [0.2, 0.25) is 0 Å². The number of ether oxygens (including phenoxy) is 1. The molecular weight excluding hydrogens is 204 g/mol. The third kappa shape index (κ3) is 2.62. The van der Waals surface area contributed by atoms with Gasteiger partial charge in [0.1, 0.15) is 0 Å². The lowest BCUT2D eigenvalue weighted by Crippen LogP contribution is -2.14. The van der Waals surface area contributed by atoms with Crippen molar-refractivity contribution in [1.29, 1.82) is 0 Å². The van der Waals surface area contributed by atoms with Crippen LogP contribution in [-0.2, 0) is 16.0 Å². The summed E-state index contributed by atoms with van der Waals surface area (Å²) in [6.07, 6.45) is 8.59. The van der Waals surface area contributed by atoms with Gasteiger partial charge in [0.15, 0.2) is 0 Å². The Morgan fingerprint density at radius 1 is 1.50 bits per heavy atom. The lowest BCUT2D eigenvalue weighted by Gasteiger charge is -2.21. The van der Waals surface area contributed by atoms with E-state index < -0.39 is 0 Å². The van der Waals surface area contributed by atoms with E-state index in [0.29, 0.717) is 6.04 Å². The maximum absolute atomic E-state index is 11.1. The van der Waals surface area contributed by atoms with Crippen molar-refractivity contribution < 1.29 is 9.53 Å². The van der Waals surface area contributed by atoms with Gasteiger partial charge < -0.3 is 4.74 Å². The molecule has 1 saturated carbocycles. The summed E-state index contributed by atoms with van der Waals surface area (Å²) in [6, 6.07) is 2.44. The highest BCUT2D eigenvalue weighted by Gasteiger charge is 2.16. The lowest BCUT2D eigenvalue weighted by atomic mass is 9.96. The first-order valence-corrected chi connectivity index (χ1v) is 5.90. The Kier molecular flexibility index (Phi) is 3.59. The standard InChI is InChI=1S/C12H18N2O2/c1-16-12(15)9-10-7-8-14(13-10)11-5-3-2-4-6-11/h7-8,11H,2-6,9H2,1H3. The zero-order valence-electron chi connectivity index (χ0n) is 9.69. The van der Waals surface area contributed by atoms with Gasteiger partial charge in [-0.3, -0.25) is 9.48 Å². The molecule has 1 fully saturated rings. The summed E-state index contributed by atoms with van der Waals surface area (Å²) < 4.78 is 6.63. The fourth-order valence-electron chi connectivity index (χ4n) is 2.24. The molecule has 0 N–H and O–H groups in total. The Labute approximate surface area is 95.6 Å². The molecule has 0 saturated heterocycles. The monoisotopic (exact) mass is 222 g/mol. The smallest absolute Gasteiger partial charge is 0.311 e. The first-order chi connectivity index (χ1) is 7.79. The van der Waals surface area contributed by atoms with Crippen LogP contribution < -0.4 is 0 Å². The Morgan fingerprint density at radius 2 is 2.25 bits per heavy atom. The second-order valence-corrected chi connectivity index (χ2v) is 4.33. The number of aromatic nitrogens is 2. The molecule has 0 aromatic carbocycles. The summed E-state index contributed by atoms with van der Waals surface area (Å²) in [5, 5.41) is 4.44. The number of methoxy groups -OCH3 is 1. The Bertz CT molecular complexity index is 354. The quantitative estimate of drug-likeness (QED) is 0.736. The van der Waals surface area contributed by atoms with Gasteiger partial charge in [-0.1, -0.05) is 19.3 Å². The highest BCUT2D eigenvalue weighted by atomic mass is 16.5. The van der Waals surface area contributed by atoms with E-state index in [0.717, 1.165) is 5.69 Å². The van der Waals surface area contributed by atoms with Gasteiger partial charge in [0.25, 0.3) is 0 Å². The minimum absolute atomic E-state index is 0.228. The van der Waals surface area contributed by atoms with Crippen LogP contribution in [0.3, 0.4) is 0 Å². The molecule has 1 aromatic rings. The maximum atomic E-state index is 11.1. The molecule has 1 heterocycles. The molecule has 1 aliphatic rings. The van der Waals surface area contributed by atoms with Crippen LogP contribution in [0.1, 0.15) is 43.8 Å². The highest BCUT2D eigenvalue weighted by molar-refractivity contribution is 5.71. The number of esters is 1. The Morgan fingerprint density at radius 3 is 2.94 bits per heavy atom. The molecule has 1 aliphatic carbocycles. The Hall–Kier alpha value is -1.32. The molecule has 0 aliphatic heterocycles. The first kappa shape index (κ1) is 11.2. The van der Waals surface area contributed by atoms with Crippen LogP contribution in [-0.4, -0.2) is 22.9 Å². The van der Waals surface area contributed by atoms with E-state index >= 15 is 0 Å². The average molecular weight is 222 g/mol. The number of carbonyl (C=O) groups is 1. The maximum Gasteiger partial charge on any atom is 0.311 e. The third-order valence-corrected chi connectivity index (χ3v) is 3.17. The number of hydrogen-bond acceptors (Lipinski definition) is 3. The third-order valence-electron chi connectivity index (χ3n) is 3.17. The topological polar surface area (TPSA) is 44.1 Å². The van der Waals surface area contributed by atoms with Crippen LogP contribution in [0.4, 0.5) is 0 Å². The zero-order chi connectivity index (χ0) is 11.4. The number of nitrogens with zero attached hydrogens (tertiary/aromatic N) is 2. The van der Waals surface area contributed by atoms with Gasteiger partial charge in [0.2, 0.25) is 0 Å². The molecule has 0 amide bonds. The largest absolute Gasteiger partial charge is 0.469 e. The van der Waals surface area contributed by atoms with Crippen molar-refractivity contribution in [3.8, 4) is 0 Å². The molecule has 0 atom stereocenters. The molecule has 0 unspecified atom stereocenters. The van der Waals surface area contributed by atoms with Gasteiger partial charge in [0, 0.05) is 6.20 Å². The minimum Gasteiger partial charge on any atom is -0.469 e. The molecule has 16 heavy (non-hydrogen) atoms. The number of carbonyl (C=O) groups excluding carboxylic acids is 1. The van der Waals surface area contributed by atoms with Crippen LogP contribution in [0.15, 0.2) is 12.3 Å². The van der Waals surface area contributed by atoms with Gasteiger partial charge in [-0.15, -0.1) is 0 Å². The van der Waals surface area contributed by atoms with Crippen molar-refractivity contribution in [2.75, 3.05) is 7.11 Å². The molecule has 2 rings (SSSR count). The van der Waals surface area contributed by atoms with E-state index in [2.05, 4.69) is 9.84 Å². The van der Waals surface area contributed by atoms with E-state index in [1.807, 2.05) is 16.9 Å². The van der Waals surface area contributed by atoms with Gasteiger partial charge in [-0.25, -0.2) is 0 Å². The molecule has 0 bridgehead atoms. The first-order valence-electron chi connectivity index (χ1n) is 5.90. The van der Waals surface area contributed by atoms with E-state index in [9.17, 15) is 4.79 Å². The predicted molar refractivity (Wildman–Crippen MR) is 60.1 cm³/mol. The van der Waals surface area contributed by atoms with Gasteiger partial charge in [-0.05, 0) is 18.9 Å². The van der Waals surface area contributed by atoms with Crippen LogP contribution in [0.5, 0.6) is 0 Å². The minimum atomic E-state index is -0.228. The van der Waals surface area contributed by atoms with Crippen LogP contribution in [0, 0.1) is 0 Å². The van der Waals surface area contributed by atoms with Crippen molar-refractivity contribution in [3.63, 3.8) is 0 Å². The van der Waals surface area contributed by atoms with Gasteiger partial charge in [0.05, 0.1) is 25.3 Å². The van der Waals surface area contributed by atoms with Crippen molar-refractivity contribution in [1.82, 2.24) is 9.78 Å². The van der Waals surface area contributed by atoms with Crippen molar-refractivity contribution in [3.05, 3.63) is 18.0 Å². The van der Waals surface area contributed by atoms with Crippen molar-refractivity contribution in [2.45, 2.75) is 44.6 Å². The summed E-state index contributed by atoms with van der Waals surface area (Å²) in [6.45, 7) is 0. The van der Waals surface area contributed by atoms with Gasteiger partial charge in [-0.2, -0.15) is 5.10 Å². The van der Waals surface area contributed by atoms with E-state index in [1.165, 1.54) is 39.2 Å². The van der Waals surface area contributed by atoms with E-state index in [1.54, 1.807) is 0 Å². The summed E-state index contributed by atoms with van der Waals surface area (Å²) in [5.74, 6) is -0.228.